The molecule has 2 heteroatoms. The second kappa shape index (κ2) is 9.01. The Bertz CT molecular complexity index is 85.9. The van der Waals surface area contributed by atoms with Crippen LogP contribution in [0, 0.1) is 0 Å². The first kappa shape index (κ1) is 11.9. The molecule has 0 aromatic heterocycles. The zero-order valence-corrected chi connectivity index (χ0v) is 8.73. The average Bonchev–Trinajstić information content (AvgIpc) is 2.09. The Balaban J connectivity index is 3.02. The Hall–Kier alpha value is -0.0800. The number of ether oxygens (including phenoxy) is 1. The molecule has 0 saturated carbocycles. The summed E-state index contributed by atoms with van der Waals surface area (Å²) in [6, 6.07) is 0.599. The van der Waals surface area contributed by atoms with Gasteiger partial charge in [-0.1, -0.05) is 19.8 Å². The minimum Gasteiger partial charge on any atom is -0.385 e. The normalized spacial score (nSPS) is 13.2. The van der Waals surface area contributed by atoms with E-state index in [1.54, 1.807) is 7.11 Å². The summed E-state index contributed by atoms with van der Waals surface area (Å²) in [6.45, 7) is 6.46. The van der Waals surface area contributed by atoms with Crippen LogP contribution >= 0.6 is 0 Å². The lowest BCUT2D eigenvalue weighted by Crippen LogP contribution is -2.28. The maximum atomic E-state index is 5.00. The highest BCUT2D eigenvalue weighted by atomic mass is 16.5. The van der Waals surface area contributed by atoms with E-state index in [4.69, 9.17) is 4.74 Å². The Morgan fingerprint density at radius 2 is 2.08 bits per heavy atom. The van der Waals surface area contributed by atoms with Gasteiger partial charge in [-0.05, 0) is 26.3 Å². The second-order valence-corrected chi connectivity index (χ2v) is 3.34. The minimum absolute atomic E-state index is 0.599. The molecule has 0 saturated heterocycles. The van der Waals surface area contributed by atoms with Gasteiger partial charge < -0.3 is 10.1 Å². The third kappa shape index (κ3) is 8.02. The van der Waals surface area contributed by atoms with Crippen molar-refractivity contribution in [2.24, 2.45) is 0 Å². The van der Waals surface area contributed by atoms with Crippen LogP contribution in [0.25, 0.3) is 0 Å². The first-order valence-corrected chi connectivity index (χ1v) is 5.03. The van der Waals surface area contributed by atoms with Gasteiger partial charge in [0.25, 0.3) is 0 Å². The van der Waals surface area contributed by atoms with Crippen LogP contribution in [0.1, 0.15) is 39.5 Å². The summed E-state index contributed by atoms with van der Waals surface area (Å²) in [7, 11) is 1.75. The van der Waals surface area contributed by atoms with Crippen LogP contribution in [-0.4, -0.2) is 26.3 Å². The predicted molar refractivity (Wildman–Crippen MR) is 53.5 cm³/mol. The lowest BCUT2D eigenvalue weighted by molar-refractivity contribution is 0.185. The van der Waals surface area contributed by atoms with Crippen LogP contribution < -0.4 is 5.32 Å². The highest BCUT2D eigenvalue weighted by Crippen LogP contribution is 1.94. The molecular weight excluding hydrogens is 150 g/mol. The molecule has 74 valence electrons. The zero-order chi connectivity index (χ0) is 9.23. The third-order valence-electron chi connectivity index (χ3n) is 2.03. The molecule has 0 aliphatic carbocycles. The molecule has 0 aromatic rings. The lowest BCUT2D eigenvalue weighted by Gasteiger charge is -2.12. The van der Waals surface area contributed by atoms with E-state index in [2.05, 4.69) is 19.2 Å². The number of unbranched alkanes of at least 4 members (excludes halogenated alkanes) is 2. The van der Waals surface area contributed by atoms with E-state index in [-0.39, 0.29) is 0 Å². The standard InChI is InChI=1S/C10H23NO/c1-4-5-6-8-11-10(2)7-9-12-3/h10-11H,4-9H2,1-3H3. The SMILES string of the molecule is CCCCCNC(C)CCOC. The Labute approximate surface area is 76.7 Å². The smallest absolute Gasteiger partial charge is 0.0476 e. The van der Waals surface area contributed by atoms with Crippen molar-refractivity contribution in [3.05, 3.63) is 0 Å². The van der Waals surface area contributed by atoms with E-state index in [1.807, 2.05) is 0 Å². The molecule has 0 spiro atoms. The molecule has 0 bridgehead atoms. The highest BCUT2D eigenvalue weighted by molar-refractivity contribution is 4.59. The third-order valence-corrected chi connectivity index (χ3v) is 2.03. The van der Waals surface area contributed by atoms with Crippen LogP contribution in [0.15, 0.2) is 0 Å². The molecule has 1 unspecified atom stereocenters. The van der Waals surface area contributed by atoms with Crippen molar-refractivity contribution < 1.29 is 4.74 Å². The maximum Gasteiger partial charge on any atom is 0.0476 e. The van der Waals surface area contributed by atoms with Crippen molar-refractivity contribution >= 4 is 0 Å². The van der Waals surface area contributed by atoms with Gasteiger partial charge in [-0.2, -0.15) is 0 Å². The predicted octanol–water partition coefficient (Wildman–Crippen LogP) is 2.19. The molecule has 0 fully saturated rings. The highest BCUT2D eigenvalue weighted by Gasteiger charge is 1.98. The van der Waals surface area contributed by atoms with E-state index in [9.17, 15) is 0 Å². The van der Waals surface area contributed by atoms with Crippen molar-refractivity contribution in [2.75, 3.05) is 20.3 Å². The minimum atomic E-state index is 0.599. The van der Waals surface area contributed by atoms with Crippen molar-refractivity contribution in [2.45, 2.75) is 45.6 Å². The Kier molecular flexibility index (Phi) is 8.95. The fraction of sp³-hybridized carbons (Fsp3) is 1.00. The van der Waals surface area contributed by atoms with Gasteiger partial charge in [0.2, 0.25) is 0 Å². The topological polar surface area (TPSA) is 21.3 Å². The van der Waals surface area contributed by atoms with Crippen LogP contribution in [0.2, 0.25) is 0 Å². The first-order chi connectivity index (χ1) is 5.81. The molecule has 0 aliphatic rings. The maximum absolute atomic E-state index is 5.00. The van der Waals surface area contributed by atoms with E-state index >= 15 is 0 Å². The van der Waals surface area contributed by atoms with E-state index in [1.165, 1.54) is 19.3 Å². The van der Waals surface area contributed by atoms with Gasteiger partial charge in [0, 0.05) is 19.8 Å². The number of hydrogen-bond acceptors (Lipinski definition) is 2. The summed E-state index contributed by atoms with van der Waals surface area (Å²) >= 11 is 0. The van der Waals surface area contributed by atoms with E-state index in [0.717, 1.165) is 19.6 Å². The van der Waals surface area contributed by atoms with E-state index < -0.39 is 0 Å². The Morgan fingerprint density at radius 1 is 1.33 bits per heavy atom. The molecule has 0 radical (unpaired) electrons. The van der Waals surface area contributed by atoms with Gasteiger partial charge in [0.15, 0.2) is 0 Å². The monoisotopic (exact) mass is 173 g/mol. The molecule has 12 heavy (non-hydrogen) atoms. The summed E-state index contributed by atoms with van der Waals surface area (Å²) in [4.78, 5) is 0. The fourth-order valence-electron chi connectivity index (χ4n) is 1.12. The van der Waals surface area contributed by atoms with Crippen LogP contribution in [0.4, 0.5) is 0 Å². The molecule has 0 rings (SSSR count). The first-order valence-electron chi connectivity index (χ1n) is 5.03. The summed E-state index contributed by atoms with van der Waals surface area (Å²) in [5.41, 5.74) is 0. The summed E-state index contributed by atoms with van der Waals surface area (Å²) in [5, 5.41) is 3.47. The average molecular weight is 173 g/mol. The molecular formula is C10H23NO. The summed E-state index contributed by atoms with van der Waals surface area (Å²) in [5.74, 6) is 0. The van der Waals surface area contributed by atoms with Crippen molar-refractivity contribution in [3.8, 4) is 0 Å². The lowest BCUT2D eigenvalue weighted by atomic mass is 10.2. The molecule has 0 heterocycles. The number of rotatable bonds is 8. The second-order valence-electron chi connectivity index (χ2n) is 3.34. The van der Waals surface area contributed by atoms with Crippen LogP contribution in [-0.2, 0) is 4.74 Å². The largest absolute Gasteiger partial charge is 0.385 e. The van der Waals surface area contributed by atoms with Crippen LogP contribution in [0.3, 0.4) is 0 Å². The quantitative estimate of drug-likeness (QED) is 0.568. The number of nitrogens with one attached hydrogen (secondary N) is 1. The van der Waals surface area contributed by atoms with Crippen molar-refractivity contribution in [1.29, 1.82) is 0 Å². The van der Waals surface area contributed by atoms with Gasteiger partial charge in [-0.15, -0.1) is 0 Å². The summed E-state index contributed by atoms with van der Waals surface area (Å²) in [6.07, 6.45) is 5.05. The van der Waals surface area contributed by atoms with E-state index in [0.29, 0.717) is 6.04 Å². The molecule has 2 nitrogen and oxygen atoms in total. The Morgan fingerprint density at radius 3 is 2.67 bits per heavy atom. The van der Waals surface area contributed by atoms with Crippen molar-refractivity contribution in [3.63, 3.8) is 0 Å². The molecule has 0 amide bonds. The van der Waals surface area contributed by atoms with Gasteiger partial charge >= 0.3 is 0 Å². The van der Waals surface area contributed by atoms with Crippen molar-refractivity contribution in [1.82, 2.24) is 5.32 Å². The summed E-state index contributed by atoms with van der Waals surface area (Å²) < 4.78 is 5.00. The molecule has 0 aromatic carbocycles. The fourth-order valence-corrected chi connectivity index (χ4v) is 1.12. The zero-order valence-electron chi connectivity index (χ0n) is 8.73. The molecule has 0 aliphatic heterocycles. The molecule has 1 N–H and O–H groups in total. The number of hydrogen-bond donors (Lipinski definition) is 1. The van der Waals surface area contributed by atoms with Gasteiger partial charge in [-0.25, -0.2) is 0 Å². The van der Waals surface area contributed by atoms with Gasteiger partial charge in [0.05, 0.1) is 0 Å². The van der Waals surface area contributed by atoms with Crippen LogP contribution in [0.5, 0.6) is 0 Å². The molecule has 1 atom stereocenters. The van der Waals surface area contributed by atoms with Gasteiger partial charge in [-0.3, -0.25) is 0 Å². The van der Waals surface area contributed by atoms with Gasteiger partial charge in [0.1, 0.15) is 0 Å². The number of methoxy groups -OCH3 is 1.